The Morgan fingerprint density at radius 1 is 1.33 bits per heavy atom. The topological polar surface area (TPSA) is 46.2 Å². The summed E-state index contributed by atoms with van der Waals surface area (Å²) < 4.78 is 0. The fraction of sp³-hybridized carbons (Fsp3) is 0.818. The highest BCUT2D eigenvalue weighted by Gasteiger charge is 2.12. The van der Waals surface area contributed by atoms with Gasteiger partial charge in [0.2, 0.25) is 5.91 Å². The minimum absolute atomic E-state index is 0.0132. The zero-order chi connectivity index (χ0) is 11.7. The lowest BCUT2D eigenvalue weighted by Crippen LogP contribution is -2.26. The SMILES string of the molecule is CCC(C)C(=O)CCC(=O)NCCSC. The average Bonchev–Trinajstić information content (AvgIpc) is 2.25. The highest BCUT2D eigenvalue weighted by atomic mass is 32.2. The summed E-state index contributed by atoms with van der Waals surface area (Å²) in [5, 5.41) is 2.78. The van der Waals surface area contributed by atoms with Crippen molar-refractivity contribution in [1.29, 1.82) is 0 Å². The molecule has 0 radical (unpaired) electrons. The van der Waals surface area contributed by atoms with Crippen LogP contribution in [-0.4, -0.2) is 30.2 Å². The van der Waals surface area contributed by atoms with E-state index in [1.807, 2.05) is 20.1 Å². The Bertz CT molecular complexity index is 207. The monoisotopic (exact) mass is 231 g/mol. The molecule has 0 saturated carbocycles. The largest absolute Gasteiger partial charge is 0.355 e. The van der Waals surface area contributed by atoms with Crippen LogP contribution in [0.3, 0.4) is 0 Å². The molecule has 0 aromatic heterocycles. The van der Waals surface area contributed by atoms with Gasteiger partial charge in [0, 0.05) is 31.1 Å². The highest BCUT2D eigenvalue weighted by Crippen LogP contribution is 2.06. The Morgan fingerprint density at radius 2 is 2.00 bits per heavy atom. The van der Waals surface area contributed by atoms with Gasteiger partial charge < -0.3 is 5.32 Å². The molecular weight excluding hydrogens is 210 g/mol. The van der Waals surface area contributed by atoms with Crippen molar-refractivity contribution in [2.45, 2.75) is 33.1 Å². The lowest BCUT2D eigenvalue weighted by atomic mass is 10.00. The van der Waals surface area contributed by atoms with Crippen LogP contribution in [0.4, 0.5) is 0 Å². The molecule has 0 rings (SSSR count). The second-order valence-electron chi connectivity index (χ2n) is 3.62. The van der Waals surface area contributed by atoms with Gasteiger partial charge in [0.1, 0.15) is 5.78 Å². The molecule has 1 N–H and O–H groups in total. The number of ketones is 1. The Labute approximate surface area is 96.4 Å². The van der Waals surface area contributed by atoms with E-state index in [0.29, 0.717) is 19.4 Å². The first kappa shape index (κ1) is 14.5. The van der Waals surface area contributed by atoms with Crippen molar-refractivity contribution in [2.24, 2.45) is 5.92 Å². The van der Waals surface area contributed by atoms with E-state index in [0.717, 1.165) is 12.2 Å². The molecule has 1 amide bonds. The van der Waals surface area contributed by atoms with Gasteiger partial charge in [-0.25, -0.2) is 0 Å². The van der Waals surface area contributed by atoms with Crippen molar-refractivity contribution in [3.8, 4) is 0 Å². The van der Waals surface area contributed by atoms with Crippen LogP contribution in [0.25, 0.3) is 0 Å². The van der Waals surface area contributed by atoms with Crippen molar-refractivity contribution in [3.63, 3.8) is 0 Å². The molecule has 0 aromatic rings. The molecule has 3 nitrogen and oxygen atoms in total. The molecule has 0 aliphatic heterocycles. The zero-order valence-corrected chi connectivity index (χ0v) is 10.7. The van der Waals surface area contributed by atoms with Gasteiger partial charge in [-0.3, -0.25) is 9.59 Å². The Hall–Kier alpha value is -0.510. The molecule has 1 unspecified atom stereocenters. The van der Waals surface area contributed by atoms with Gasteiger partial charge in [0.05, 0.1) is 0 Å². The van der Waals surface area contributed by atoms with Gasteiger partial charge in [-0.2, -0.15) is 11.8 Å². The van der Waals surface area contributed by atoms with E-state index in [1.165, 1.54) is 0 Å². The van der Waals surface area contributed by atoms with E-state index in [1.54, 1.807) is 11.8 Å². The summed E-state index contributed by atoms with van der Waals surface area (Å²) in [5.74, 6) is 1.19. The maximum atomic E-state index is 11.4. The van der Waals surface area contributed by atoms with Crippen LogP contribution < -0.4 is 5.32 Å². The lowest BCUT2D eigenvalue weighted by molar-refractivity contribution is -0.127. The number of hydrogen-bond acceptors (Lipinski definition) is 3. The van der Waals surface area contributed by atoms with E-state index in [-0.39, 0.29) is 17.6 Å². The number of Topliss-reactive ketones (excluding diaryl/α,β-unsaturated/α-hetero) is 1. The molecule has 0 bridgehead atoms. The summed E-state index contributed by atoms with van der Waals surface area (Å²) in [6.07, 6.45) is 3.56. The smallest absolute Gasteiger partial charge is 0.220 e. The number of nitrogens with one attached hydrogen (secondary N) is 1. The van der Waals surface area contributed by atoms with E-state index in [2.05, 4.69) is 5.32 Å². The summed E-state index contributed by atoms with van der Waals surface area (Å²) in [6, 6.07) is 0. The molecule has 0 spiro atoms. The predicted octanol–water partition coefficient (Wildman–Crippen LogP) is 1.86. The van der Waals surface area contributed by atoms with Crippen LogP contribution in [-0.2, 0) is 9.59 Å². The maximum absolute atomic E-state index is 11.4. The van der Waals surface area contributed by atoms with Gasteiger partial charge >= 0.3 is 0 Å². The Morgan fingerprint density at radius 3 is 2.53 bits per heavy atom. The molecule has 0 saturated heterocycles. The van der Waals surface area contributed by atoms with Crippen LogP contribution in [0, 0.1) is 5.92 Å². The third kappa shape index (κ3) is 7.42. The molecule has 0 heterocycles. The average molecular weight is 231 g/mol. The van der Waals surface area contributed by atoms with E-state index < -0.39 is 0 Å². The van der Waals surface area contributed by atoms with Gasteiger partial charge in [-0.15, -0.1) is 0 Å². The molecule has 0 aliphatic rings. The zero-order valence-electron chi connectivity index (χ0n) is 9.84. The number of rotatable bonds is 8. The summed E-state index contributed by atoms with van der Waals surface area (Å²) in [7, 11) is 0. The van der Waals surface area contributed by atoms with Gasteiger partial charge in [0.25, 0.3) is 0 Å². The van der Waals surface area contributed by atoms with Crippen molar-refractivity contribution < 1.29 is 9.59 Å². The molecule has 1 atom stereocenters. The minimum atomic E-state index is -0.0132. The lowest BCUT2D eigenvalue weighted by Gasteiger charge is -2.07. The Kier molecular flexibility index (Phi) is 8.47. The number of hydrogen-bond donors (Lipinski definition) is 1. The standard InChI is InChI=1S/C11H21NO2S/c1-4-9(2)10(13)5-6-11(14)12-7-8-15-3/h9H,4-8H2,1-3H3,(H,12,14). The third-order valence-electron chi connectivity index (χ3n) is 2.39. The minimum Gasteiger partial charge on any atom is -0.355 e. The van der Waals surface area contributed by atoms with E-state index in [9.17, 15) is 9.59 Å². The van der Waals surface area contributed by atoms with Crippen LogP contribution in [0.2, 0.25) is 0 Å². The number of thioether (sulfide) groups is 1. The quantitative estimate of drug-likeness (QED) is 0.649. The van der Waals surface area contributed by atoms with Crippen molar-refractivity contribution in [2.75, 3.05) is 18.6 Å². The van der Waals surface area contributed by atoms with Crippen LogP contribution >= 0.6 is 11.8 Å². The first-order valence-corrected chi connectivity index (χ1v) is 6.79. The van der Waals surface area contributed by atoms with Gasteiger partial charge in [0.15, 0.2) is 0 Å². The molecule has 0 fully saturated rings. The predicted molar refractivity (Wildman–Crippen MR) is 65.1 cm³/mol. The van der Waals surface area contributed by atoms with Crippen LogP contribution in [0.1, 0.15) is 33.1 Å². The number of amides is 1. The van der Waals surface area contributed by atoms with Crippen molar-refractivity contribution >= 4 is 23.5 Å². The second kappa shape index (κ2) is 8.77. The molecule has 0 aromatic carbocycles. The van der Waals surface area contributed by atoms with Gasteiger partial charge in [-0.05, 0) is 12.7 Å². The van der Waals surface area contributed by atoms with Crippen molar-refractivity contribution in [3.05, 3.63) is 0 Å². The van der Waals surface area contributed by atoms with Crippen LogP contribution in [0.15, 0.2) is 0 Å². The number of carbonyl (C=O) groups is 2. The molecule has 15 heavy (non-hydrogen) atoms. The summed E-state index contributed by atoms with van der Waals surface area (Å²) in [5.41, 5.74) is 0. The third-order valence-corrected chi connectivity index (χ3v) is 3.00. The number of carbonyl (C=O) groups excluding carboxylic acids is 2. The van der Waals surface area contributed by atoms with Crippen molar-refractivity contribution in [1.82, 2.24) is 5.32 Å². The summed E-state index contributed by atoms with van der Waals surface area (Å²) in [4.78, 5) is 22.7. The fourth-order valence-corrected chi connectivity index (χ4v) is 1.40. The first-order valence-electron chi connectivity index (χ1n) is 5.40. The first-order chi connectivity index (χ1) is 7.11. The molecule has 0 aliphatic carbocycles. The molecule has 88 valence electrons. The summed E-state index contributed by atoms with van der Waals surface area (Å²) in [6.45, 7) is 4.59. The second-order valence-corrected chi connectivity index (χ2v) is 4.60. The van der Waals surface area contributed by atoms with E-state index >= 15 is 0 Å². The molecular formula is C11H21NO2S. The Balaban J connectivity index is 3.57. The van der Waals surface area contributed by atoms with Gasteiger partial charge in [-0.1, -0.05) is 13.8 Å². The molecule has 4 heteroatoms. The van der Waals surface area contributed by atoms with Crippen LogP contribution in [0.5, 0.6) is 0 Å². The summed E-state index contributed by atoms with van der Waals surface area (Å²) >= 11 is 1.69. The van der Waals surface area contributed by atoms with E-state index in [4.69, 9.17) is 0 Å². The fourth-order valence-electron chi connectivity index (χ4n) is 1.09. The highest BCUT2D eigenvalue weighted by molar-refractivity contribution is 7.98. The normalized spacial score (nSPS) is 12.2. The maximum Gasteiger partial charge on any atom is 0.220 e.